The van der Waals surface area contributed by atoms with Crippen molar-refractivity contribution in [3.8, 4) is 28.5 Å². The Morgan fingerprint density at radius 2 is 1.55 bits per heavy atom. The minimum Gasteiger partial charge on any atom is -0.360 e. The molecule has 4 heteroatoms. The second-order valence-electron chi connectivity index (χ2n) is 6.66. The molecule has 0 fully saturated rings. The van der Waals surface area contributed by atoms with E-state index in [4.69, 9.17) is 0 Å². The monoisotopic (exact) mass is 393 g/mol. The van der Waals surface area contributed by atoms with E-state index in [0.29, 0.717) is 10.6 Å². The lowest BCUT2D eigenvalue weighted by atomic mass is 10.0. The number of rotatable bonds is 5. The maximum atomic E-state index is 9.55. The third-order valence-electron chi connectivity index (χ3n) is 4.58. The van der Waals surface area contributed by atoms with E-state index in [1.54, 1.807) is 6.20 Å². The second-order valence-corrected chi connectivity index (χ2v) is 7.52. The Bertz CT molecular complexity index is 1170. The molecule has 0 unspecified atom stereocenters. The lowest BCUT2D eigenvalue weighted by Crippen LogP contribution is -1.91. The number of anilines is 1. The largest absolute Gasteiger partial charge is 0.360 e. The molecule has 3 aromatic carbocycles. The summed E-state index contributed by atoms with van der Waals surface area (Å²) in [7, 11) is 0. The zero-order valence-electron chi connectivity index (χ0n) is 16.0. The number of nitriles is 1. The van der Waals surface area contributed by atoms with E-state index in [1.807, 2.05) is 54.8 Å². The van der Waals surface area contributed by atoms with Crippen molar-refractivity contribution in [1.29, 1.82) is 5.26 Å². The summed E-state index contributed by atoms with van der Waals surface area (Å²) in [6.45, 7) is 2.05. The fourth-order valence-electron chi connectivity index (χ4n) is 2.94. The van der Waals surface area contributed by atoms with Crippen LogP contribution in [0.4, 0.5) is 5.69 Å². The van der Waals surface area contributed by atoms with Crippen LogP contribution in [0.3, 0.4) is 0 Å². The Kier molecular flexibility index (Phi) is 5.51. The predicted octanol–water partition coefficient (Wildman–Crippen LogP) is 6.76. The van der Waals surface area contributed by atoms with Crippen molar-refractivity contribution in [3.63, 3.8) is 0 Å². The first-order valence-electron chi connectivity index (χ1n) is 9.28. The number of nitrogens with zero attached hydrogens (tertiary/aromatic N) is 2. The summed E-state index contributed by atoms with van der Waals surface area (Å²) in [4.78, 5) is 4.67. The van der Waals surface area contributed by atoms with Crippen LogP contribution in [-0.2, 0) is 0 Å². The first kappa shape index (κ1) is 18.7. The van der Waals surface area contributed by atoms with Crippen LogP contribution in [-0.4, -0.2) is 4.98 Å². The molecule has 0 atom stereocenters. The fourth-order valence-corrected chi connectivity index (χ4v) is 3.74. The maximum absolute atomic E-state index is 9.55. The van der Waals surface area contributed by atoms with Crippen LogP contribution in [0.5, 0.6) is 0 Å². The topological polar surface area (TPSA) is 48.7 Å². The van der Waals surface area contributed by atoms with Crippen molar-refractivity contribution in [1.82, 2.24) is 4.98 Å². The van der Waals surface area contributed by atoms with E-state index < -0.39 is 0 Å². The molecule has 0 amide bonds. The van der Waals surface area contributed by atoms with Gasteiger partial charge in [-0.1, -0.05) is 72.3 Å². The normalized spacial score (nSPS) is 11.1. The first-order valence-corrected chi connectivity index (χ1v) is 10.2. The van der Waals surface area contributed by atoms with Gasteiger partial charge in [0.25, 0.3) is 0 Å². The SMILES string of the molecule is Cc1ccc(N/C=C(/C#N)c2nc(-c3ccc(-c4ccccc4)cc3)cs2)cc1. The molecule has 0 aliphatic carbocycles. The summed E-state index contributed by atoms with van der Waals surface area (Å²) in [5.41, 5.74) is 6.93. The molecule has 0 saturated heterocycles. The van der Waals surface area contributed by atoms with E-state index in [9.17, 15) is 5.26 Å². The van der Waals surface area contributed by atoms with Crippen LogP contribution < -0.4 is 5.32 Å². The number of hydrogen-bond acceptors (Lipinski definition) is 4. The quantitative estimate of drug-likeness (QED) is 0.381. The highest BCUT2D eigenvalue weighted by molar-refractivity contribution is 7.11. The zero-order chi connectivity index (χ0) is 20.1. The Morgan fingerprint density at radius 3 is 2.24 bits per heavy atom. The molecule has 1 heterocycles. The van der Waals surface area contributed by atoms with Crippen molar-refractivity contribution < 1.29 is 0 Å². The molecule has 29 heavy (non-hydrogen) atoms. The van der Waals surface area contributed by atoms with Crippen molar-refractivity contribution in [2.24, 2.45) is 0 Å². The van der Waals surface area contributed by atoms with Gasteiger partial charge in [-0.3, -0.25) is 0 Å². The van der Waals surface area contributed by atoms with Gasteiger partial charge in [0, 0.05) is 22.8 Å². The molecule has 0 saturated carbocycles. The summed E-state index contributed by atoms with van der Waals surface area (Å²) < 4.78 is 0. The highest BCUT2D eigenvalue weighted by Gasteiger charge is 2.09. The molecular weight excluding hydrogens is 374 g/mol. The number of aryl methyl sites for hydroxylation is 1. The number of benzene rings is 3. The van der Waals surface area contributed by atoms with Gasteiger partial charge in [0.2, 0.25) is 0 Å². The van der Waals surface area contributed by atoms with Crippen LogP contribution in [0.15, 0.2) is 90.4 Å². The number of hydrogen-bond donors (Lipinski definition) is 1. The molecule has 140 valence electrons. The Balaban J connectivity index is 1.53. The summed E-state index contributed by atoms with van der Waals surface area (Å²) >= 11 is 1.47. The van der Waals surface area contributed by atoms with Gasteiger partial charge in [-0.2, -0.15) is 5.26 Å². The molecule has 0 bridgehead atoms. The average molecular weight is 394 g/mol. The number of thiazole rings is 1. The number of nitrogens with one attached hydrogen (secondary N) is 1. The van der Waals surface area contributed by atoms with Crippen molar-refractivity contribution in [2.45, 2.75) is 6.92 Å². The van der Waals surface area contributed by atoms with Gasteiger partial charge in [0.05, 0.1) is 5.69 Å². The van der Waals surface area contributed by atoms with Crippen LogP contribution in [0.2, 0.25) is 0 Å². The average Bonchev–Trinajstić information content (AvgIpc) is 3.26. The molecule has 0 spiro atoms. The van der Waals surface area contributed by atoms with Crippen LogP contribution in [0, 0.1) is 18.3 Å². The van der Waals surface area contributed by atoms with Gasteiger partial charge < -0.3 is 5.32 Å². The standard InChI is InChI=1S/C25H19N3S/c1-18-7-13-23(14-8-18)27-16-22(15-26)25-28-24(17-29-25)21-11-9-20(10-12-21)19-5-3-2-4-6-19/h2-14,16-17,27H,1H3/b22-16-. The maximum Gasteiger partial charge on any atom is 0.136 e. The minimum absolute atomic E-state index is 0.516. The molecule has 0 aliphatic rings. The predicted molar refractivity (Wildman–Crippen MR) is 121 cm³/mol. The summed E-state index contributed by atoms with van der Waals surface area (Å²) in [5, 5.41) is 15.4. The van der Waals surface area contributed by atoms with Crippen LogP contribution in [0.1, 0.15) is 10.6 Å². The van der Waals surface area contributed by atoms with Gasteiger partial charge in [0.1, 0.15) is 16.6 Å². The van der Waals surface area contributed by atoms with E-state index >= 15 is 0 Å². The highest BCUT2D eigenvalue weighted by atomic mass is 32.1. The molecular formula is C25H19N3S. The summed E-state index contributed by atoms with van der Waals surface area (Å²) in [5.74, 6) is 0. The van der Waals surface area contributed by atoms with E-state index in [-0.39, 0.29) is 0 Å². The van der Waals surface area contributed by atoms with Gasteiger partial charge >= 0.3 is 0 Å². The Labute approximate surface area is 174 Å². The highest BCUT2D eigenvalue weighted by Crippen LogP contribution is 2.28. The van der Waals surface area contributed by atoms with Gasteiger partial charge in [-0.05, 0) is 30.2 Å². The van der Waals surface area contributed by atoms with E-state index in [0.717, 1.165) is 16.9 Å². The molecule has 1 aromatic heterocycles. The molecule has 4 aromatic rings. The van der Waals surface area contributed by atoms with E-state index in [1.165, 1.54) is 28.0 Å². The lowest BCUT2D eigenvalue weighted by Gasteiger charge is -2.03. The lowest BCUT2D eigenvalue weighted by molar-refractivity contribution is 1.36. The molecule has 4 rings (SSSR count). The molecule has 3 nitrogen and oxygen atoms in total. The molecule has 0 aliphatic heterocycles. The van der Waals surface area contributed by atoms with Crippen LogP contribution in [0.25, 0.3) is 28.0 Å². The minimum atomic E-state index is 0.516. The number of allylic oxidation sites excluding steroid dienone is 1. The second kappa shape index (κ2) is 8.55. The first-order chi connectivity index (χ1) is 14.2. The van der Waals surface area contributed by atoms with Crippen molar-refractivity contribution in [3.05, 3.63) is 101 Å². The van der Waals surface area contributed by atoms with Gasteiger partial charge in [0.15, 0.2) is 0 Å². The zero-order valence-corrected chi connectivity index (χ0v) is 16.8. The third-order valence-corrected chi connectivity index (χ3v) is 5.45. The van der Waals surface area contributed by atoms with Crippen LogP contribution >= 0.6 is 11.3 Å². The fraction of sp³-hybridized carbons (Fsp3) is 0.0400. The third kappa shape index (κ3) is 4.43. The van der Waals surface area contributed by atoms with Gasteiger partial charge in [-0.25, -0.2) is 4.98 Å². The smallest absolute Gasteiger partial charge is 0.136 e. The molecule has 1 N–H and O–H groups in total. The van der Waals surface area contributed by atoms with E-state index in [2.05, 4.69) is 52.8 Å². The molecule has 0 radical (unpaired) electrons. The summed E-state index contributed by atoms with van der Waals surface area (Å²) in [6.07, 6.45) is 1.71. The Hall–Kier alpha value is -3.68. The Morgan fingerprint density at radius 1 is 0.897 bits per heavy atom. The van der Waals surface area contributed by atoms with Crippen molar-refractivity contribution >= 4 is 22.6 Å². The number of aromatic nitrogens is 1. The summed E-state index contributed by atoms with van der Waals surface area (Å²) in [6, 6.07) is 28.9. The van der Waals surface area contributed by atoms with Gasteiger partial charge in [-0.15, -0.1) is 11.3 Å². The van der Waals surface area contributed by atoms with Crippen molar-refractivity contribution in [2.75, 3.05) is 5.32 Å².